The Labute approximate surface area is 185 Å². The van der Waals surface area contributed by atoms with Gasteiger partial charge < -0.3 is 15.1 Å². The monoisotopic (exact) mass is 428 g/mol. The molecule has 3 aromatic heterocycles. The molecule has 0 spiro atoms. The smallest absolute Gasteiger partial charge is 0.136 e. The third kappa shape index (κ3) is 3.76. The van der Waals surface area contributed by atoms with Gasteiger partial charge in [-0.2, -0.15) is 0 Å². The maximum absolute atomic E-state index is 13.9. The van der Waals surface area contributed by atoms with E-state index in [1.165, 1.54) is 6.07 Å². The van der Waals surface area contributed by atoms with Gasteiger partial charge in [0.15, 0.2) is 0 Å². The zero-order valence-corrected chi connectivity index (χ0v) is 18.1. The second kappa shape index (κ2) is 7.84. The molecule has 0 saturated carbocycles. The second-order valence-electron chi connectivity index (χ2n) is 8.42. The van der Waals surface area contributed by atoms with Crippen LogP contribution in [0.1, 0.15) is 35.1 Å². The summed E-state index contributed by atoms with van der Waals surface area (Å²) in [5.74, 6) is 0.717. The molecule has 1 aliphatic rings. The number of nitrogens with zero attached hydrogens (tertiary/aromatic N) is 4. The number of aromatic nitrogens is 4. The zero-order chi connectivity index (χ0) is 22.3. The Hall–Kier alpha value is -3.58. The number of H-pyrrole nitrogens is 1. The van der Waals surface area contributed by atoms with Gasteiger partial charge in [-0.15, -0.1) is 0 Å². The minimum Gasteiger partial charge on any atom is -0.346 e. The summed E-state index contributed by atoms with van der Waals surface area (Å²) in [5, 5.41) is 0. The maximum Gasteiger partial charge on any atom is 0.136 e. The molecule has 4 heterocycles. The van der Waals surface area contributed by atoms with E-state index in [0.717, 1.165) is 46.0 Å². The van der Waals surface area contributed by atoms with E-state index < -0.39 is 5.54 Å². The molecule has 1 aromatic carbocycles. The number of halogens is 1. The average Bonchev–Trinajstić information content (AvgIpc) is 3.44. The van der Waals surface area contributed by atoms with Crippen molar-refractivity contribution >= 4 is 16.9 Å². The summed E-state index contributed by atoms with van der Waals surface area (Å²) in [5.41, 5.74) is 12.2. The molecule has 4 aromatic rings. The quantitative estimate of drug-likeness (QED) is 0.506. The van der Waals surface area contributed by atoms with Crippen LogP contribution in [0.15, 0.2) is 66.2 Å². The normalized spacial score (nSPS) is 18.6. The van der Waals surface area contributed by atoms with Crippen molar-refractivity contribution in [3.05, 3.63) is 95.2 Å². The number of allylic oxidation sites excluding steroid dienone is 1. The molecule has 32 heavy (non-hydrogen) atoms. The SMILES string of the molecule is CCc1ncc(CC2(N)C=C(c3ccc4nccn4c3)C(c3ccc(F)c(C)c3)=NC2)[nH]1. The van der Waals surface area contributed by atoms with Crippen LogP contribution in [0.5, 0.6) is 0 Å². The van der Waals surface area contributed by atoms with E-state index in [9.17, 15) is 4.39 Å². The van der Waals surface area contributed by atoms with Crippen LogP contribution in [0.3, 0.4) is 0 Å². The summed E-state index contributed by atoms with van der Waals surface area (Å²) >= 11 is 0. The number of imidazole rings is 2. The predicted molar refractivity (Wildman–Crippen MR) is 124 cm³/mol. The van der Waals surface area contributed by atoms with Crippen molar-refractivity contribution in [1.82, 2.24) is 19.4 Å². The molecule has 1 atom stereocenters. The number of fused-ring (bicyclic) bond motifs is 1. The molecule has 6 nitrogen and oxygen atoms in total. The van der Waals surface area contributed by atoms with E-state index >= 15 is 0 Å². The van der Waals surface area contributed by atoms with E-state index in [2.05, 4.69) is 28.0 Å². The fourth-order valence-electron chi connectivity index (χ4n) is 4.19. The lowest BCUT2D eigenvalue weighted by Crippen LogP contribution is -2.46. The van der Waals surface area contributed by atoms with Crippen molar-refractivity contribution in [3.8, 4) is 0 Å². The van der Waals surface area contributed by atoms with Crippen LogP contribution in [0.2, 0.25) is 0 Å². The fourth-order valence-corrected chi connectivity index (χ4v) is 4.19. The highest BCUT2D eigenvalue weighted by molar-refractivity contribution is 6.32. The van der Waals surface area contributed by atoms with Crippen molar-refractivity contribution in [3.63, 3.8) is 0 Å². The van der Waals surface area contributed by atoms with Crippen LogP contribution in [0, 0.1) is 12.7 Å². The van der Waals surface area contributed by atoms with Gasteiger partial charge in [0.05, 0.1) is 17.8 Å². The van der Waals surface area contributed by atoms with E-state index in [-0.39, 0.29) is 5.82 Å². The minimum absolute atomic E-state index is 0.227. The first-order valence-electron chi connectivity index (χ1n) is 10.7. The highest BCUT2D eigenvalue weighted by Crippen LogP contribution is 2.30. The van der Waals surface area contributed by atoms with Crippen LogP contribution in [0.25, 0.3) is 11.2 Å². The molecule has 5 rings (SSSR count). The number of aryl methyl sites for hydroxylation is 2. The number of aromatic amines is 1. The summed E-state index contributed by atoms with van der Waals surface area (Å²) in [6.07, 6.45) is 11.1. The van der Waals surface area contributed by atoms with E-state index in [0.29, 0.717) is 18.5 Å². The number of rotatable bonds is 5. The van der Waals surface area contributed by atoms with Crippen molar-refractivity contribution in [2.24, 2.45) is 10.7 Å². The molecular weight excluding hydrogens is 403 g/mol. The lowest BCUT2D eigenvalue weighted by Gasteiger charge is -2.30. The third-order valence-corrected chi connectivity index (χ3v) is 5.89. The summed E-state index contributed by atoms with van der Waals surface area (Å²) in [6.45, 7) is 4.25. The van der Waals surface area contributed by atoms with Gasteiger partial charge >= 0.3 is 0 Å². The number of benzene rings is 1. The van der Waals surface area contributed by atoms with Crippen molar-refractivity contribution < 1.29 is 4.39 Å². The van der Waals surface area contributed by atoms with Crippen LogP contribution in [-0.2, 0) is 12.8 Å². The van der Waals surface area contributed by atoms with Crippen LogP contribution < -0.4 is 5.73 Å². The molecule has 3 N–H and O–H groups in total. The van der Waals surface area contributed by atoms with Gasteiger partial charge in [-0.25, -0.2) is 14.4 Å². The first-order chi connectivity index (χ1) is 15.4. The number of aliphatic imine (C=N–C) groups is 1. The Bertz CT molecular complexity index is 1360. The highest BCUT2D eigenvalue weighted by atomic mass is 19.1. The van der Waals surface area contributed by atoms with E-state index in [1.54, 1.807) is 19.2 Å². The van der Waals surface area contributed by atoms with Crippen molar-refractivity contribution in [2.45, 2.75) is 32.2 Å². The lowest BCUT2D eigenvalue weighted by atomic mass is 9.84. The summed E-state index contributed by atoms with van der Waals surface area (Å²) in [7, 11) is 0. The van der Waals surface area contributed by atoms with Gasteiger partial charge in [0.2, 0.25) is 0 Å². The zero-order valence-electron chi connectivity index (χ0n) is 18.1. The Kier molecular flexibility index (Phi) is 4.98. The Morgan fingerprint density at radius 1 is 1.19 bits per heavy atom. The number of nitrogens with one attached hydrogen (secondary N) is 1. The van der Waals surface area contributed by atoms with Gasteiger partial charge in [0.25, 0.3) is 0 Å². The second-order valence-corrected chi connectivity index (χ2v) is 8.42. The first kappa shape index (κ1) is 20.3. The number of dihydropyridines is 1. The Morgan fingerprint density at radius 2 is 2.03 bits per heavy atom. The van der Waals surface area contributed by atoms with Crippen molar-refractivity contribution in [1.29, 1.82) is 0 Å². The molecule has 0 fully saturated rings. The number of hydrogen-bond donors (Lipinski definition) is 2. The van der Waals surface area contributed by atoms with Gasteiger partial charge in [-0.3, -0.25) is 4.99 Å². The molecule has 1 aliphatic heterocycles. The number of pyridine rings is 1. The fraction of sp³-hybridized carbons (Fsp3) is 0.240. The Balaban J connectivity index is 1.59. The summed E-state index contributed by atoms with van der Waals surface area (Å²) in [6, 6.07) is 9.10. The topological polar surface area (TPSA) is 84.4 Å². The van der Waals surface area contributed by atoms with E-state index in [1.807, 2.05) is 41.2 Å². The molecule has 0 saturated heterocycles. The maximum atomic E-state index is 13.9. The Morgan fingerprint density at radius 3 is 2.81 bits per heavy atom. The lowest BCUT2D eigenvalue weighted by molar-refractivity contribution is 0.530. The molecular formula is C25H25FN6. The number of nitrogens with two attached hydrogens (primary N) is 1. The van der Waals surface area contributed by atoms with Gasteiger partial charge in [0, 0.05) is 60.0 Å². The van der Waals surface area contributed by atoms with E-state index in [4.69, 9.17) is 10.7 Å². The van der Waals surface area contributed by atoms with Gasteiger partial charge in [0.1, 0.15) is 17.3 Å². The summed E-state index contributed by atoms with van der Waals surface area (Å²) in [4.78, 5) is 17.0. The molecule has 0 aliphatic carbocycles. The standard InChI is InChI=1S/C25H25FN6/c1-3-22-29-13-19(31-22)11-25(27)12-20(18-5-7-23-28-8-9-32(23)14-18)24(30-15-25)17-4-6-21(26)16(2)10-17/h4-10,12-14H,3,11,15,27H2,1-2H3,(H,29,31). The molecule has 1 unspecified atom stereocenters. The minimum atomic E-state index is -0.671. The largest absolute Gasteiger partial charge is 0.346 e. The molecule has 162 valence electrons. The van der Waals surface area contributed by atoms with Crippen LogP contribution in [0.4, 0.5) is 4.39 Å². The third-order valence-electron chi connectivity index (χ3n) is 5.89. The first-order valence-corrected chi connectivity index (χ1v) is 10.7. The van der Waals surface area contributed by atoms with Gasteiger partial charge in [-0.1, -0.05) is 13.0 Å². The van der Waals surface area contributed by atoms with Crippen molar-refractivity contribution in [2.75, 3.05) is 6.54 Å². The molecule has 0 bridgehead atoms. The van der Waals surface area contributed by atoms with Crippen LogP contribution >= 0.6 is 0 Å². The average molecular weight is 429 g/mol. The molecule has 7 heteroatoms. The van der Waals surface area contributed by atoms with Crippen LogP contribution in [-0.4, -0.2) is 37.1 Å². The predicted octanol–water partition coefficient (Wildman–Crippen LogP) is 3.89. The number of hydrogen-bond acceptors (Lipinski definition) is 4. The summed E-state index contributed by atoms with van der Waals surface area (Å²) < 4.78 is 15.9. The van der Waals surface area contributed by atoms with Gasteiger partial charge in [-0.05, 0) is 42.8 Å². The molecule has 0 amide bonds. The highest BCUT2D eigenvalue weighted by Gasteiger charge is 2.30. The molecule has 0 radical (unpaired) electrons.